The number of hydrogen-bond acceptors (Lipinski definition) is 3. The second-order valence-electron chi connectivity index (χ2n) is 5.73. The maximum atomic E-state index is 10.2. The van der Waals surface area contributed by atoms with Crippen molar-refractivity contribution in [2.45, 2.75) is 45.5 Å². The van der Waals surface area contributed by atoms with Gasteiger partial charge in [0.1, 0.15) is 0 Å². The fourth-order valence-electron chi connectivity index (χ4n) is 2.73. The normalized spacial score (nSPS) is 26.3. The summed E-state index contributed by atoms with van der Waals surface area (Å²) in [6.07, 6.45) is 0.997. The fraction of sp³-hybridized carbons (Fsp3) is 0.625. The third kappa shape index (κ3) is 4.30. The van der Waals surface area contributed by atoms with Gasteiger partial charge in [-0.3, -0.25) is 4.90 Å². The van der Waals surface area contributed by atoms with E-state index in [4.69, 9.17) is 4.74 Å². The second kappa shape index (κ2) is 6.51. The predicted octanol–water partition coefficient (Wildman–Crippen LogP) is 2.53. The van der Waals surface area contributed by atoms with E-state index >= 15 is 0 Å². The maximum absolute atomic E-state index is 10.2. The minimum Gasteiger partial charge on any atom is -0.388 e. The number of aliphatic hydroxyl groups excluding tert-OH is 1. The van der Waals surface area contributed by atoms with Crippen LogP contribution in [-0.2, 0) is 4.74 Å². The van der Waals surface area contributed by atoms with Crippen molar-refractivity contribution in [2.24, 2.45) is 0 Å². The van der Waals surface area contributed by atoms with Gasteiger partial charge in [-0.25, -0.2) is 0 Å². The molecule has 3 nitrogen and oxygen atoms in total. The minimum atomic E-state index is -0.367. The average Bonchev–Trinajstić information content (AvgIpc) is 2.36. The Labute approximate surface area is 116 Å². The molecule has 1 saturated heterocycles. The second-order valence-corrected chi connectivity index (χ2v) is 5.73. The Kier molecular flexibility index (Phi) is 4.97. The summed E-state index contributed by atoms with van der Waals surface area (Å²) in [5, 5.41) is 10.2. The highest BCUT2D eigenvalue weighted by atomic mass is 16.5. The molecule has 1 heterocycles. The van der Waals surface area contributed by atoms with E-state index in [1.54, 1.807) is 0 Å². The molecule has 1 fully saturated rings. The lowest BCUT2D eigenvalue weighted by molar-refractivity contribution is -0.0702. The molecule has 3 unspecified atom stereocenters. The Hall–Kier alpha value is -0.900. The van der Waals surface area contributed by atoms with Gasteiger partial charge in [-0.2, -0.15) is 0 Å². The van der Waals surface area contributed by atoms with Gasteiger partial charge in [0.2, 0.25) is 0 Å². The van der Waals surface area contributed by atoms with Crippen LogP contribution in [0.4, 0.5) is 0 Å². The summed E-state index contributed by atoms with van der Waals surface area (Å²) in [7, 11) is 0. The first-order valence-electron chi connectivity index (χ1n) is 7.17. The SMILES string of the molecule is Cc1ccc(C(O)CCN2CC(C)OC(C)C2)cc1. The molecule has 106 valence electrons. The van der Waals surface area contributed by atoms with Crippen LogP contribution in [0.15, 0.2) is 24.3 Å². The number of nitrogens with zero attached hydrogens (tertiary/aromatic N) is 1. The molecule has 0 radical (unpaired) electrons. The van der Waals surface area contributed by atoms with E-state index in [1.165, 1.54) is 5.56 Å². The molecule has 0 saturated carbocycles. The summed E-state index contributed by atoms with van der Waals surface area (Å²) in [6, 6.07) is 8.14. The van der Waals surface area contributed by atoms with Gasteiger partial charge in [0.15, 0.2) is 0 Å². The molecular weight excluding hydrogens is 238 g/mol. The number of aryl methyl sites for hydroxylation is 1. The number of aliphatic hydroxyl groups is 1. The molecular formula is C16H25NO2. The molecule has 1 aromatic rings. The van der Waals surface area contributed by atoms with Crippen LogP contribution in [0.2, 0.25) is 0 Å². The van der Waals surface area contributed by atoms with Crippen LogP contribution >= 0.6 is 0 Å². The van der Waals surface area contributed by atoms with Gasteiger partial charge in [0, 0.05) is 19.6 Å². The van der Waals surface area contributed by atoms with Crippen LogP contribution in [0.1, 0.15) is 37.5 Å². The van der Waals surface area contributed by atoms with E-state index in [1.807, 2.05) is 12.1 Å². The molecule has 1 aliphatic rings. The Balaban J connectivity index is 1.83. The van der Waals surface area contributed by atoms with Crippen LogP contribution in [0.3, 0.4) is 0 Å². The Morgan fingerprint density at radius 1 is 1.21 bits per heavy atom. The summed E-state index contributed by atoms with van der Waals surface area (Å²) in [6.45, 7) is 9.13. The van der Waals surface area contributed by atoms with Gasteiger partial charge in [0.05, 0.1) is 18.3 Å². The number of ether oxygens (including phenoxy) is 1. The van der Waals surface area contributed by atoms with Crippen molar-refractivity contribution in [3.8, 4) is 0 Å². The van der Waals surface area contributed by atoms with E-state index in [0.717, 1.165) is 31.6 Å². The molecule has 3 atom stereocenters. The molecule has 19 heavy (non-hydrogen) atoms. The first-order valence-corrected chi connectivity index (χ1v) is 7.17. The van der Waals surface area contributed by atoms with Gasteiger partial charge < -0.3 is 9.84 Å². The smallest absolute Gasteiger partial charge is 0.0802 e. The zero-order chi connectivity index (χ0) is 13.8. The molecule has 2 rings (SSSR count). The van der Waals surface area contributed by atoms with E-state index in [0.29, 0.717) is 12.2 Å². The summed E-state index contributed by atoms with van der Waals surface area (Å²) in [4.78, 5) is 2.39. The molecule has 0 spiro atoms. The number of morpholine rings is 1. The highest BCUT2D eigenvalue weighted by molar-refractivity contribution is 5.23. The highest BCUT2D eigenvalue weighted by Crippen LogP contribution is 2.19. The lowest BCUT2D eigenvalue weighted by Crippen LogP contribution is -2.45. The summed E-state index contributed by atoms with van der Waals surface area (Å²) in [5.74, 6) is 0. The van der Waals surface area contributed by atoms with Gasteiger partial charge in [-0.05, 0) is 32.8 Å². The first-order chi connectivity index (χ1) is 9.04. The van der Waals surface area contributed by atoms with Crippen molar-refractivity contribution in [3.05, 3.63) is 35.4 Å². The fourth-order valence-corrected chi connectivity index (χ4v) is 2.73. The molecule has 0 amide bonds. The average molecular weight is 263 g/mol. The third-order valence-corrected chi connectivity index (χ3v) is 3.68. The quantitative estimate of drug-likeness (QED) is 0.906. The lowest BCUT2D eigenvalue weighted by atomic mass is 10.0. The molecule has 0 aromatic heterocycles. The zero-order valence-corrected chi connectivity index (χ0v) is 12.2. The van der Waals surface area contributed by atoms with Gasteiger partial charge in [0.25, 0.3) is 0 Å². The number of hydrogen-bond donors (Lipinski definition) is 1. The molecule has 3 heteroatoms. The van der Waals surface area contributed by atoms with E-state index in [-0.39, 0.29) is 6.10 Å². The molecule has 1 aromatic carbocycles. The van der Waals surface area contributed by atoms with Crippen molar-refractivity contribution in [2.75, 3.05) is 19.6 Å². The highest BCUT2D eigenvalue weighted by Gasteiger charge is 2.22. The van der Waals surface area contributed by atoms with Crippen molar-refractivity contribution in [1.82, 2.24) is 4.90 Å². The first kappa shape index (κ1) is 14.5. The van der Waals surface area contributed by atoms with E-state index in [9.17, 15) is 5.11 Å². The van der Waals surface area contributed by atoms with E-state index in [2.05, 4.69) is 37.8 Å². The lowest BCUT2D eigenvalue weighted by Gasteiger charge is -2.35. The maximum Gasteiger partial charge on any atom is 0.0802 e. The van der Waals surface area contributed by atoms with Crippen molar-refractivity contribution in [3.63, 3.8) is 0 Å². The van der Waals surface area contributed by atoms with Crippen molar-refractivity contribution in [1.29, 1.82) is 0 Å². The number of rotatable bonds is 4. The molecule has 0 bridgehead atoms. The van der Waals surface area contributed by atoms with Crippen LogP contribution in [0.25, 0.3) is 0 Å². The summed E-state index contributed by atoms with van der Waals surface area (Å²) < 4.78 is 5.72. The van der Waals surface area contributed by atoms with Crippen LogP contribution in [-0.4, -0.2) is 41.8 Å². The molecule has 0 aliphatic carbocycles. The van der Waals surface area contributed by atoms with Crippen LogP contribution < -0.4 is 0 Å². The summed E-state index contributed by atoms with van der Waals surface area (Å²) in [5.41, 5.74) is 2.24. The monoisotopic (exact) mass is 263 g/mol. The van der Waals surface area contributed by atoms with Gasteiger partial charge >= 0.3 is 0 Å². The van der Waals surface area contributed by atoms with Crippen molar-refractivity contribution >= 4 is 0 Å². The minimum absolute atomic E-state index is 0.292. The number of benzene rings is 1. The van der Waals surface area contributed by atoms with E-state index < -0.39 is 0 Å². The Morgan fingerprint density at radius 3 is 2.37 bits per heavy atom. The summed E-state index contributed by atoms with van der Waals surface area (Å²) >= 11 is 0. The topological polar surface area (TPSA) is 32.7 Å². The molecule has 1 N–H and O–H groups in total. The predicted molar refractivity (Wildman–Crippen MR) is 77.2 cm³/mol. The van der Waals surface area contributed by atoms with Crippen LogP contribution in [0, 0.1) is 6.92 Å². The Morgan fingerprint density at radius 2 is 1.79 bits per heavy atom. The largest absolute Gasteiger partial charge is 0.388 e. The standard InChI is InChI=1S/C16H25NO2/c1-12-4-6-15(7-5-12)16(18)8-9-17-10-13(2)19-14(3)11-17/h4-7,13-14,16,18H,8-11H2,1-3H3. The van der Waals surface area contributed by atoms with Gasteiger partial charge in [-0.15, -0.1) is 0 Å². The van der Waals surface area contributed by atoms with Crippen molar-refractivity contribution < 1.29 is 9.84 Å². The Bertz CT molecular complexity index is 380. The third-order valence-electron chi connectivity index (χ3n) is 3.68. The zero-order valence-electron chi connectivity index (χ0n) is 12.2. The van der Waals surface area contributed by atoms with Gasteiger partial charge in [-0.1, -0.05) is 29.8 Å². The molecule has 1 aliphatic heterocycles. The van der Waals surface area contributed by atoms with Crippen LogP contribution in [0.5, 0.6) is 0 Å².